The van der Waals surface area contributed by atoms with Crippen LogP contribution in [-0.2, 0) is 40.5 Å². The predicted molar refractivity (Wildman–Crippen MR) is 236 cm³/mol. The number of pyridine rings is 1. The van der Waals surface area contributed by atoms with Crippen molar-refractivity contribution in [1.29, 1.82) is 0 Å². The molecule has 27 nitrogen and oxygen atoms in total. The van der Waals surface area contributed by atoms with Gasteiger partial charge >= 0.3 is 23.9 Å². The zero-order valence-corrected chi connectivity index (χ0v) is 37.3. The van der Waals surface area contributed by atoms with Crippen molar-refractivity contribution < 1.29 is 71.1 Å². The second-order valence-corrected chi connectivity index (χ2v) is 19.5. The van der Waals surface area contributed by atoms with Gasteiger partial charge in [-0.1, -0.05) is 0 Å². The molecular weight excluding hydrogens is 993 g/mol. The fourth-order valence-corrected chi connectivity index (χ4v) is 8.46. The minimum absolute atomic E-state index is 0.0977. The number of azo groups is 2. The number of amides is 2. The number of nitrogens with zero attached hydrogens (tertiary/aromatic N) is 8. The molecule has 7 aromatic rings. The van der Waals surface area contributed by atoms with Crippen LogP contribution in [-0.4, -0.2) is 78.8 Å². The van der Waals surface area contributed by atoms with Crippen LogP contribution in [0, 0.1) is 0 Å². The first-order chi connectivity index (χ1) is 32.3. The minimum atomic E-state index is -5.25. The Labute approximate surface area is 388 Å². The lowest BCUT2D eigenvalue weighted by Crippen LogP contribution is -2.36. The molecular formula is C38H28N12O15S4. The van der Waals surface area contributed by atoms with Crippen molar-refractivity contribution in [2.24, 2.45) is 26.2 Å². The molecule has 0 aliphatic heterocycles. The normalized spacial score (nSPS) is 12.3. The van der Waals surface area contributed by atoms with Crippen molar-refractivity contribution in [3.05, 3.63) is 121 Å². The lowest BCUT2D eigenvalue weighted by Gasteiger charge is -2.11. The van der Waals surface area contributed by atoms with Crippen LogP contribution in [0.25, 0.3) is 16.7 Å². The first-order valence-corrected chi connectivity index (χ1v) is 24.4. The number of aromatic nitrogens is 4. The highest BCUT2D eigenvalue weighted by Crippen LogP contribution is 2.37. The number of rotatable bonds is 15. The lowest BCUT2D eigenvalue weighted by atomic mass is 10.1. The zero-order valence-electron chi connectivity index (χ0n) is 34.0. The van der Waals surface area contributed by atoms with Gasteiger partial charge in [0.2, 0.25) is 0 Å². The van der Waals surface area contributed by atoms with Gasteiger partial charge in [0, 0.05) is 22.3 Å². The minimum Gasteiger partial charge on any atom is -0.545 e. The van der Waals surface area contributed by atoms with E-state index in [0.29, 0.717) is 29.6 Å². The highest BCUT2D eigenvalue weighted by Gasteiger charge is 2.25. The molecule has 0 saturated heterocycles. The van der Waals surface area contributed by atoms with Gasteiger partial charge in [-0.15, -0.1) is 15.2 Å². The fraction of sp³-hybridized carbons (Fsp3) is 0. The van der Waals surface area contributed by atoms with E-state index in [1.165, 1.54) is 59.4 Å². The summed E-state index contributed by atoms with van der Waals surface area (Å²) in [5, 5.41) is 34.7. The summed E-state index contributed by atoms with van der Waals surface area (Å²) in [6, 6.07) is 19.0. The van der Waals surface area contributed by atoms with Gasteiger partial charge in [-0.2, -0.15) is 43.9 Å². The number of primary amides is 1. The van der Waals surface area contributed by atoms with E-state index in [9.17, 15) is 66.6 Å². The van der Waals surface area contributed by atoms with Gasteiger partial charge in [-0.05, 0) is 118 Å². The molecule has 0 fully saturated rings. The van der Waals surface area contributed by atoms with Crippen LogP contribution in [0.2, 0.25) is 0 Å². The Morgan fingerprint density at radius 1 is 0.594 bits per heavy atom. The number of carbonyl (C=O) groups excluding carboxylic acids is 2. The molecule has 2 aromatic heterocycles. The number of anilines is 5. The predicted octanol–water partition coefficient (Wildman–Crippen LogP) is 4.46. The summed E-state index contributed by atoms with van der Waals surface area (Å²) in [7, 11) is -20.0. The van der Waals surface area contributed by atoms with Crippen LogP contribution in [0.1, 0.15) is 10.4 Å². The Morgan fingerprint density at radius 2 is 1.16 bits per heavy atom. The molecule has 2 heterocycles. The number of carboxylic acid groups (broad SMARTS) is 1. The van der Waals surface area contributed by atoms with Gasteiger partial charge in [0.1, 0.15) is 21.2 Å². The Bertz CT molecular complexity index is 3770. The maximum atomic E-state index is 12.5. The molecule has 31 heteroatoms. The second-order valence-electron chi connectivity index (χ2n) is 13.8. The maximum absolute atomic E-state index is 12.5. The molecule has 0 saturated carbocycles. The number of hydrogen-bond donors (Lipinski definition) is 8. The Balaban J connectivity index is 1.22. The fourth-order valence-electron chi connectivity index (χ4n) is 5.99. The highest BCUT2D eigenvalue weighted by molar-refractivity contribution is 7.87. The SMILES string of the molecule is NC(=O)Nc1cc(Nc2nc(Nc3ccc(N=Nc4ccc(S(=O)(=O)O)cc4)cc3)nc(-[n+]3cccc(C(=O)[O-])c3)n2)ccc1N=Nc1cc2c(S(=O)(=O)O)cc(S(=O)(=O)O)cc2cc1S(=O)(=O)O. The number of carbonyl (C=O) groups is 2. The van der Waals surface area contributed by atoms with Crippen molar-refractivity contribution in [1.82, 2.24) is 15.0 Å². The topological polar surface area (TPSA) is 429 Å². The van der Waals surface area contributed by atoms with Crippen LogP contribution in [0.3, 0.4) is 0 Å². The standard InChI is InChI=1S/C38H28N12O15S4/c39-35(53)42-30-16-25(9-12-29(30)48-49-31-18-28-21(15-33(31)69(63,64)65)14-27(67(57,58)59)17-32(28)68(60,61)62)41-37-43-36(44-38(45-37)50-13-1-2-20(19-50)34(51)52)40-22-3-5-23(6-4-22)46-47-24-7-10-26(11-8-24)66(54,55)56/h1-19H,(H9-,39,40,41,42,43,44,45,47,49,51,52,53,54,55,56,57,58,59,60,61,62,63,64,65). The van der Waals surface area contributed by atoms with Gasteiger partial charge in [0.15, 0.2) is 0 Å². The molecule has 0 spiro atoms. The molecule has 0 atom stereocenters. The van der Waals surface area contributed by atoms with Crippen molar-refractivity contribution in [2.45, 2.75) is 19.6 Å². The molecule has 9 N–H and O–H groups in total. The van der Waals surface area contributed by atoms with Crippen molar-refractivity contribution in [3.8, 4) is 5.95 Å². The molecule has 0 unspecified atom stereocenters. The highest BCUT2D eigenvalue weighted by atomic mass is 32.2. The van der Waals surface area contributed by atoms with Gasteiger partial charge in [0.05, 0.1) is 45.2 Å². The van der Waals surface area contributed by atoms with Gasteiger partial charge in [-0.3, -0.25) is 18.2 Å². The number of hydrogen-bond acceptors (Lipinski definition) is 20. The van der Waals surface area contributed by atoms with Crippen LogP contribution in [0.15, 0.2) is 156 Å². The quantitative estimate of drug-likeness (QED) is 0.0399. The number of carboxylic acids is 1. The summed E-state index contributed by atoms with van der Waals surface area (Å²) in [4.78, 5) is 33.5. The van der Waals surface area contributed by atoms with Crippen molar-refractivity contribution in [2.75, 3.05) is 16.0 Å². The number of urea groups is 1. The number of nitrogens with one attached hydrogen (secondary N) is 3. The summed E-state index contributed by atoms with van der Waals surface area (Å²) < 4.78 is 136. The molecule has 2 amide bonds. The second kappa shape index (κ2) is 18.8. The van der Waals surface area contributed by atoms with E-state index in [1.807, 2.05) is 0 Å². The van der Waals surface area contributed by atoms with Crippen molar-refractivity contribution >= 4 is 115 Å². The summed E-state index contributed by atoms with van der Waals surface area (Å²) in [6.45, 7) is 0. The molecule has 354 valence electrons. The molecule has 5 aromatic carbocycles. The van der Waals surface area contributed by atoms with E-state index in [0.717, 1.165) is 18.2 Å². The van der Waals surface area contributed by atoms with E-state index in [1.54, 1.807) is 24.3 Å². The average molecular weight is 1020 g/mol. The third kappa shape index (κ3) is 12.0. The summed E-state index contributed by atoms with van der Waals surface area (Å²) in [5.41, 5.74) is 5.19. The van der Waals surface area contributed by atoms with E-state index < -0.39 is 83.6 Å². The van der Waals surface area contributed by atoms with Crippen LogP contribution >= 0.6 is 0 Å². The van der Waals surface area contributed by atoms with Gasteiger partial charge < -0.3 is 31.6 Å². The van der Waals surface area contributed by atoms with E-state index in [4.69, 9.17) is 5.73 Å². The molecule has 7 rings (SSSR count). The largest absolute Gasteiger partial charge is 0.545 e. The Morgan fingerprint density at radius 3 is 1.72 bits per heavy atom. The summed E-state index contributed by atoms with van der Waals surface area (Å²) >= 11 is 0. The maximum Gasteiger partial charge on any atom is 0.444 e. The first kappa shape index (κ1) is 48.6. The van der Waals surface area contributed by atoms with Crippen LogP contribution in [0.4, 0.5) is 56.5 Å². The first-order valence-electron chi connectivity index (χ1n) is 18.6. The Kier molecular flexibility index (Phi) is 13.2. The monoisotopic (exact) mass is 1020 g/mol. The lowest BCUT2D eigenvalue weighted by molar-refractivity contribution is -0.603. The number of benzene rings is 5. The third-order valence-corrected chi connectivity index (χ3v) is 12.5. The number of fused-ring (bicyclic) bond motifs is 1. The van der Waals surface area contributed by atoms with Crippen LogP contribution in [0.5, 0.6) is 0 Å². The van der Waals surface area contributed by atoms with E-state index in [2.05, 4.69) is 51.4 Å². The smallest absolute Gasteiger partial charge is 0.444 e. The summed E-state index contributed by atoms with van der Waals surface area (Å²) in [5.74, 6) is -1.90. The zero-order chi connectivity index (χ0) is 50.1. The molecule has 0 aliphatic rings. The molecule has 0 bridgehead atoms. The molecule has 0 aliphatic carbocycles. The molecule has 69 heavy (non-hydrogen) atoms. The molecule has 0 radical (unpaired) electrons. The van der Waals surface area contributed by atoms with Crippen LogP contribution < -0.4 is 31.4 Å². The van der Waals surface area contributed by atoms with Crippen molar-refractivity contribution in [3.63, 3.8) is 0 Å². The van der Waals surface area contributed by atoms with E-state index in [-0.39, 0.29) is 51.1 Å². The number of aromatic carboxylic acids is 1. The number of nitrogens with two attached hydrogens (primary N) is 1. The van der Waals surface area contributed by atoms with Gasteiger partial charge in [-0.25, -0.2) is 9.36 Å². The average Bonchev–Trinajstić information content (AvgIpc) is 3.26. The van der Waals surface area contributed by atoms with Gasteiger partial charge in [0.25, 0.3) is 40.5 Å². The third-order valence-electron chi connectivity index (χ3n) is 9.03. The summed E-state index contributed by atoms with van der Waals surface area (Å²) in [6.07, 6.45) is 2.61. The van der Waals surface area contributed by atoms with E-state index >= 15 is 0 Å². The Hall–Kier alpha value is -8.30.